The lowest BCUT2D eigenvalue weighted by Crippen LogP contribution is -2.45. The van der Waals surface area contributed by atoms with Gasteiger partial charge in [0.05, 0.1) is 0 Å². The molecule has 1 unspecified atom stereocenters. The topological polar surface area (TPSA) is 53.5 Å². The van der Waals surface area contributed by atoms with E-state index in [1.165, 1.54) is 4.90 Å². The number of carbonyl (C=O) groups is 2. The molecular formula is C13H17N3O2. The SMILES string of the molecule is CN(C)C(=O)C1CCCN1C(=O)c1ccccn1. The third kappa shape index (κ3) is 2.34. The van der Waals surface area contributed by atoms with Gasteiger partial charge in [0.1, 0.15) is 11.7 Å². The first-order valence-electron chi connectivity index (χ1n) is 6.04. The summed E-state index contributed by atoms with van der Waals surface area (Å²) in [5.41, 5.74) is 0.399. The van der Waals surface area contributed by atoms with Crippen LogP contribution in [0.5, 0.6) is 0 Å². The van der Waals surface area contributed by atoms with Crippen molar-refractivity contribution in [1.82, 2.24) is 14.8 Å². The van der Waals surface area contributed by atoms with Gasteiger partial charge >= 0.3 is 0 Å². The van der Waals surface area contributed by atoms with E-state index < -0.39 is 0 Å². The van der Waals surface area contributed by atoms with E-state index in [2.05, 4.69) is 4.98 Å². The number of aromatic nitrogens is 1. The average molecular weight is 247 g/mol. The summed E-state index contributed by atoms with van der Waals surface area (Å²) < 4.78 is 0. The maximum atomic E-state index is 12.3. The molecule has 1 saturated heterocycles. The molecule has 1 aliphatic rings. The quantitative estimate of drug-likeness (QED) is 0.776. The van der Waals surface area contributed by atoms with E-state index in [9.17, 15) is 9.59 Å². The normalized spacial score (nSPS) is 18.8. The molecule has 1 atom stereocenters. The van der Waals surface area contributed by atoms with E-state index in [0.29, 0.717) is 12.2 Å². The second kappa shape index (κ2) is 5.16. The van der Waals surface area contributed by atoms with Crippen molar-refractivity contribution in [2.24, 2.45) is 0 Å². The fourth-order valence-corrected chi connectivity index (χ4v) is 2.20. The molecular weight excluding hydrogens is 230 g/mol. The van der Waals surface area contributed by atoms with Crippen LogP contribution in [0.3, 0.4) is 0 Å². The Balaban J connectivity index is 2.17. The lowest BCUT2D eigenvalue weighted by molar-refractivity contribution is -0.132. The van der Waals surface area contributed by atoms with E-state index in [1.807, 2.05) is 0 Å². The summed E-state index contributed by atoms with van der Waals surface area (Å²) in [7, 11) is 3.42. The van der Waals surface area contributed by atoms with E-state index >= 15 is 0 Å². The maximum absolute atomic E-state index is 12.3. The average Bonchev–Trinajstić information content (AvgIpc) is 2.87. The Kier molecular flexibility index (Phi) is 3.60. The summed E-state index contributed by atoms with van der Waals surface area (Å²) in [6.45, 7) is 0.625. The van der Waals surface area contributed by atoms with E-state index in [-0.39, 0.29) is 17.9 Å². The second-order valence-electron chi connectivity index (χ2n) is 4.60. The highest BCUT2D eigenvalue weighted by atomic mass is 16.2. The minimum atomic E-state index is -0.338. The number of carbonyl (C=O) groups excluding carboxylic acids is 2. The number of amides is 2. The van der Waals surface area contributed by atoms with Crippen molar-refractivity contribution in [3.8, 4) is 0 Å². The Morgan fingerprint density at radius 1 is 1.39 bits per heavy atom. The molecule has 96 valence electrons. The number of likely N-dealkylation sites (tertiary alicyclic amines) is 1. The van der Waals surface area contributed by atoms with Gasteiger partial charge in [0, 0.05) is 26.8 Å². The van der Waals surface area contributed by atoms with Crippen molar-refractivity contribution in [1.29, 1.82) is 0 Å². The van der Waals surface area contributed by atoms with Crippen molar-refractivity contribution in [2.75, 3.05) is 20.6 Å². The summed E-state index contributed by atoms with van der Waals surface area (Å²) in [5.74, 6) is -0.176. The van der Waals surface area contributed by atoms with Gasteiger partial charge in [0.2, 0.25) is 5.91 Å². The standard InChI is InChI=1S/C13H17N3O2/c1-15(2)13(18)11-7-5-9-16(11)12(17)10-6-3-4-8-14-10/h3-4,6,8,11H,5,7,9H2,1-2H3. The Hall–Kier alpha value is -1.91. The molecule has 2 rings (SSSR count). The van der Waals surface area contributed by atoms with Gasteiger partial charge in [-0.25, -0.2) is 0 Å². The number of nitrogens with zero attached hydrogens (tertiary/aromatic N) is 3. The lowest BCUT2D eigenvalue weighted by Gasteiger charge is -2.25. The molecule has 1 aliphatic heterocycles. The molecule has 2 heterocycles. The fourth-order valence-electron chi connectivity index (χ4n) is 2.20. The number of rotatable bonds is 2. The molecule has 0 aromatic carbocycles. The van der Waals surface area contributed by atoms with Gasteiger partial charge in [-0.1, -0.05) is 6.07 Å². The fraction of sp³-hybridized carbons (Fsp3) is 0.462. The molecule has 0 saturated carbocycles. The predicted octanol–water partition coefficient (Wildman–Crippen LogP) is 0.774. The van der Waals surface area contributed by atoms with Crippen molar-refractivity contribution in [3.63, 3.8) is 0 Å². The first-order valence-corrected chi connectivity index (χ1v) is 6.04. The minimum Gasteiger partial charge on any atom is -0.347 e. The first kappa shape index (κ1) is 12.5. The Labute approximate surface area is 106 Å². The van der Waals surface area contributed by atoms with Crippen LogP contribution in [0.2, 0.25) is 0 Å². The molecule has 0 spiro atoms. The number of hydrogen-bond acceptors (Lipinski definition) is 3. The smallest absolute Gasteiger partial charge is 0.273 e. The molecule has 1 fully saturated rings. The van der Waals surface area contributed by atoms with Crippen molar-refractivity contribution in [2.45, 2.75) is 18.9 Å². The minimum absolute atomic E-state index is 0.0169. The highest BCUT2D eigenvalue weighted by Gasteiger charge is 2.35. The van der Waals surface area contributed by atoms with Crippen molar-refractivity contribution >= 4 is 11.8 Å². The number of likely N-dealkylation sites (N-methyl/N-ethyl adjacent to an activating group) is 1. The van der Waals surface area contributed by atoms with Crippen LogP contribution < -0.4 is 0 Å². The van der Waals surface area contributed by atoms with Crippen molar-refractivity contribution < 1.29 is 9.59 Å². The van der Waals surface area contributed by atoms with Crippen molar-refractivity contribution in [3.05, 3.63) is 30.1 Å². The third-order valence-electron chi connectivity index (χ3n) is 3.12. The molecule has 5 heteroatoms. The first-order chi connectivity index (χ1) is 8.61. The summed E-state index contributed by atoms with van der Waals surface area (Å²) in [5, 5.41) is 0. The molecule has 5 nitrogen and oxygen atoms in total. The van der Waals surface area contributed by atoms with Crippen LogP contribution in [0, 0.1) is 0 Å². The maximum Gasteiger partial charge on any atom is 0.273 e. The summed E-state index contributed by atoms with van der Waals surface area (Å²) in [4.78, 5) is 31.5. The summed E-state index contributed by atoms with van der Waals surface area (Å²) in [6.07, 6.45) is 3.19. The van der Waals surface area contributed by atoms with Crippen LogP contribution in [0.4, 0.5) is 0 Å². The zero-order chi connectivity index (χ0) is 13.1. The van der Waals surface area contributed by atoms with Crippen LogP contribution in [0.15, 0.2) is 24.4 Å². The Bertz CT molecular complexity index is 445. The van der Waals surface area contributed by atoms with Crippen LogP contribution in [-0.2, 0) is 4.79 Å². The van der Waals surface area contributed by atoms with Crippen LogP contribution in [0.25, 0.3) is 0 Å². The van der Waals surface area contributed by atoms with Gasteiger partial charge < -0.3 is 9.80 Å². The van der Waals surface area contributed by atoms with Gasteiger partial charge in [0.15, 0.2) is 0 Å². The van der Waals surface area contributed by atoms with Crippen LogP contribution >= 0.6 is 0 Å². The van der Waals surface area contributed by atoms with Crippen LogP contribution in [0.1, 0.15) is 23.3 Å². The van der Waals surface area contributed by atoms with E-state index in [0.717, 1.165) is 12.8 Å². The van der Waals surface area contributed by atoms with Crippen LogP contribution in [-0.4, -0.2) is 53.3 Å². The van der Waals surface area contributed by atoms with Gasteiger partial charge in [-0.05, 0) is 25.0 Å². The monoisotopic (exact) mass is 247 g/mol. The highest BCUT2D eigenvalue weighted by molar-refractivity contribution is 5.96. The Morgan fingerprint density at radius 3 is 2.78 bits per heavy atom. The summed E-state index contributed by atoms with van der Waals surface area (Å²) in [6, 6.07) is 4.88. The lowest BCUT2D eigenvalue weighted by atomic mass is 10.2. The molecule has 0 aliphatic carbocycles. The molecule has 0 radical (unpaired) electrons. The number of hydrogen-bond donors (Lipinski definition) is 0. The zero-order valence-corrected chi connectivity index (χ0v) is 10.7. The number of pyridine rings is 1. The Morgan fingerprint density at radius 2 is 2.17 bits per heavy atom. The molecule has 2 amide bonds. The van der Waals surface area contributed by atoms with Gasteiger partial charge in [0.25, 0.3) is 5.91 Å². The van der Waals surface area contributed by atoms with E-state index in [1.54, 1.807) is 43.4 Å². The molecule has 0 bridgehead atoms. The molecule has 0 N–H and O–H groups in total. The molecule has 1 aromatic heterocycles. The van der Waals surface area contributed by atoms with Gasteiger partial charge in [-0.3, -0.25) is 14.6 Å². The largest absolute Gasteiger partial charge is 0.347 e. The summed E-state index contributed by atoms with van der Waals surface area (Å²) >= 11 is 0. The molecule has 18 heavy (non-hydrogen) atoms. The predicted molar refractivity (Wildman–Crippen MR) is 67.0 cm³/mol. The highest BCUT2D eigenvalue weighted by Crippen LogP contribution is 2.20. The van der Waals surface area contributed by atoms with Gasteiger partial charge in [-0.15, -0.1) is 0 Å². The van der Waals surface area contributed by atoms with Gasteiger partial charge in [-0.2, -0.15) is 0 Å². The second-order valence-corrected chi connectivity index (χ2v) is 4.60. The van der Waals surface area contributed by atoms with E-state index in [4.69, 9.17) is 0 Å². The third-order valence-corrected chi connectivity index (χ3v) is 3.12. The zero-order valence-electron chi connectivity index (χ0n) is 10.7. The molecule has 1 aromatic rings.